The van der Waals surface area contributed by atoms with Crippen molar-refractivity contribution in [2.75, 3.05) is 31.7 Å². The SMILES string of the molecule is O=[N+]([O-])c1cc(S(=O)(=O)N2CCOCC2)ccc1N/N=C1/C[C@H]2C=CC[C@H]12. The predicted octanol–water partition coefficient (Wildman–Crippen LogP) is 1.98. The molecular weight excluding hydrogens is 372 g/mol. The number of morpholine rings is 1. The molecule has 0 radical (unpaired) electrons. The van der Waals surface area contributed by atoms with Gasteiger partial charge < -0.3 is 4.74 Å². The first kappa shape index (κ1) is 18.1. The molecule has 1 saturated heterocycles. The third-order valence-electron chi connectivity index (χ3n) is 5.26. The van der Waals surface area contributed by atoms with Gasteiger partial charge in [-0.15, -0.1) is 0 Å². The quantitative estimate of drug-likeness (QED) is 0.466. The molecule has 1 heterocycles. The molecule has 4 rings (SSSR count). The third kappa shape index (κ3) is 3.35. The van der Waals surface area contributed by atoms with Crippen LogP contribution in [0.1, 0.15) is 12.8 Å². The van der Waals surface area contributed by atoms with Crippen LogP contribution in [0.2, 0.25) is 0 Å². The van der Waals surface area contributed by atoms with Crippen LogP contribution in [0.4, 0.5) is 11.4 Å². The summed E-state index contributed by atoms with van der Waals surface area (Å²) in [6.45, 7) is 1.10. The smallest absolute Gasteiger partial charge is 0.295 e. The maximum absolute atomic E-state index is 12.7. The van der Waals surface area contributed by atoms with Crippen LogP contribution in [0.15, 0.2) is 40.3 Å². The van der Waals surface area contributed by atoms with E-state index in [1.165, 1.54) is 16.4 Å². The lowest BCUT2D eigenvalue weighted by Crippen LogP contribution is -2.40. The summed E-state index contributed by atoms with van der Waals surface area (Å²) >= 11 is 0. The second-order valence-corrected chi connectivity index (χ2v) is 8.74. The monoisotopic (exact) mass is 392 g/mol. The van der Waals surface area contributed by atoms with Gasteiger partial charge in [-0.05, 0) is 30.9 Å². The van der Waals surface area contributed by atoms with E-state index in [-0.39, 0.29) is 29.4 Å². The second kappa shape index (κ2) is 7.02. The van der Waals surface area contributed by atoms with Gasteiger partial charge >= 0.3 is 0 Å². The number of allylic oxidation sites excluding steroid dienone is 2. The number of nitro benzene ring substituents is 1. The van der Waals surface area contributed by atoms with Gasteiger partial charge in [0.05, 0.1) is 23.0 Å². The van der Waals surface area contributed by atoms with Crippen molar-refractivity contribution in [3.05, 3.63) is 40.5 Å². The molecule has 0 aromatic heterocycles. The molecule has 2 aliphatic carbocycles. The lowest BCUT2D eigenvalue weighted by molar-refractivity contribution is -0.384. The number of hydrogen-bond acceptors (Lipinski definition) is 7. The molecule has 1 aromatic carbocycles. The summed E-state index contributed by atoms with van der Waals surface area (Å²) in [6.07, 6.45) is 6.11. The van der Waals surface area contributed by atoms with Gasteiger partial charge in [0.25, 0.3) is 5.69 Å². The van der Waals surface area contributed by atoms with E-state index in [9.17, 15) is 18.5 Å². The average Bonchev–Trinajstić information content (AvgIpc) is 3.03. The van der Waals surface area contributed by atoms with Gasteiger partial charge in [0, 0.05) is 30.8 Å². The van der Waals surface area contributed by atoms with Crippen molar-refractivity contribution in [2.24, 2.45) is 16.9 Å². The van der Waals surface area contributed by atoms with Crippen molar-refractivity contribution < 1.29 is 18.1 Å². The fourth-order valence-corrected chi connectivity index (χ4v) is 5.08. The van der Waals surface area contributed by atoms with Crippen molar-refractivity contribution in [3.63, 3.8) is 0 Å². The highest BCUT2D eigenvalue weighted by molar-refractivity contribution is 7.89. The maximum Gasteiger partial charge on any atom is 0.295 e. The van der Waals surface area contributed by atoms with Gasteiger partial charge in [0.15, 0.2) is 0 Å². The molecular formula is C17H20N4O5S. The number of nitro groups is 1. The van der Waals surface area contributed by atoms with Crippen LogP contribution < -0.4 is 5.43 Å². The normalized spacial score (nSPS) is 26.6. The summed E-state index contributed by atoms with van der Waals surface area (Å²) < 4.78 is 31.9. The summed E-state index contributed by atoms with van der Waals surface area (Å²) in [5.74, 6) is 0.916. The van der Waals surface area contributed by atoms with Crippen molar-refractivity contribution in [1.82, 2.24) is 4.31 Å². The Morgan fingerprint density at radius 3 is 2.78 bits per heavy atom. The number of sulfonamides is 1. The van der Waals surface area contributed by atoms with Crippen LogP contribution in [0.3, 0.4) is 0 Å². The number of rotatable bonds is 5. The molecule has 10 heteroatoms. The van der Waals surface area contributed by atoms with Gasteiger partial charge in [-0.2, -0.15) is 9.41 Å². The van der Waals surface area contributed by atoms with Gasteiger partial charge in [0.2, 0.25) is 10.0 Å². The Labute approximate surface area is 156 Å². The number of benzene rings is 1. The summed E-state index contributed by atoms with van der Waals surface area (Å²) in [6, 6.07) is 3.87. The number of hydrogen-bond donors (Lipinski definition) is 1. The van der Waals surface area contributed by atoms with Crippen molar-refractivity contribution >= 4 is 27.1 Å². The molecule has 1 aromatic rings. The van der Waals surface area contributed by atoms with Crippen LogP contribution in [-0.4, -0.2) is 49.7 Å². The summed E-state index contributed by atoms with van der Waals surface area (Å²) in [4.78, 5) is 10.8. The lowest BCUT2D eigenvalue weighted by Gasteiger charge is -2.31. The molecule has 1 aliphatic heterocycles. The van der Waals surface area contributed by atoms with E-state index in [1.807, 2.05) is 0 Å². The Kier molecular flexibility index (Phi) is 4.70. The van der Waals surface area contributed by atoms with Crippen molar-refractivity contribution in [2.45, 2.75) is 17.7 Å². The molecule has 0 unspecified atom stereocenters. The Balaban J connectivity index is 1.57. The summed E-state index contributed by atoms with van der Waals surface area (Å²) in [7, 11) is -3.79. The Bertz CT molecular complexity index is 921. The van der Waals surface area contributed by atoms with Crippen molar-refractivity contribution in [3.8, 4) is 0 Å². The van der Waals surface area contributed by atoms with E-state index >= 15 is 0 Å². The summed E-state index contributed by atoms with van der Waals surface area (Å²) in [5, 5.41) is 15.8. The molecule has 0 spiro atoms. The minimum atomic E-state index is -3.79. The molecule has 27 heavy (non-hydrogen) atoms. The molecule has 9 nitrogen and oxygen atoms in total. The highest BCUT2D eigenvalue weighted by Gasteiger charge is 2.38. The number of hydrazone groups is 1. The zero-order valence-corrected chi connectivity index (χ0v) is 15.4. The largest absolute Gasteiger partial charge is 0.379 e. The first-order valence-electron chi connectivity index (χ1n) is 8.82. The van der Waals surface area contributed by atoms with Gasteiger partial charge in [-0.25, -0.2) is 8.42 Å². The second-order valence-electron chi connectivity index (χ2n) is 6.81. The predicted molar refractivity (Wildman–Crippen MR) is 99.1 cm³/mol. The van der Waals surface area contributed by atoms with Crippen LogP contribution in [-0.2, 0) is 14.8 Å². The molecule has 3 aliphatic rings. The molecule has 2 atom stereocenters. The van der Waals surface area contributed by atoms with E-state index < -0.39 is 14.9 Å². The molecule has 0 bridgehead atoms. The highest BCUT2D eigenvalue weighted by atomic mass is 32.2. The highest BCUT2D eigenvalue weighted by Crippen LogP contribution is 2.40. The molecule has 2 fully saturated rings. The van der Waals surface area contributed by atoms with E-state index in [0.717, 1.165) is 24.6 Å². The number of nitrogens with zero attached hydrogens (tertiary/aromatic N) is 3. The van der Waals surface area contributed by atoms with E-state index in [1.54, 1.807) is 0 Å². The van der Waals surface area contributed by atoms with Crippen LogP contribution in [0.25, 0.3) is 0 Å². The first-order chi connectivity index (χ1) is 13.0. The number of fused-ring (bicyclic) bond motifs is 1. The number of ether oxygens (including phenoxy) is 1. The fraction of sp³-hybridized carbons (Fsp3) is 0.471. The topological polar surface area (TPSA) is 114 Å². The molecule has 1 N–H and O–H groups in total. The van der Waals surface area contributed by atoms with Gasteiger partial charge in [-0.3, -0.25) is 15.5 Å². The molecule has 0 amide bonds. The lowest BCUT2D eigenvalue weighted by atomic mass is 9.74. The third-order valence-corrected chi connectivity index (χ3v) is 7.15. The average molecular weight is 392 g/mol. The molecule has 1 saturated carbocycles. The van der Waals surface area contributed by atoms with Crippen molar-refractivity contribution in [1.29, 1.82) is 0 Å². The van der Waals surface area contributed by atoms with Gasteiger partial charge in [0.1, 0.15) is 5.69 Å². The first-order valence-corrected chi connectivity index (χ1v) is 10.3. The maximum atomic E-state index is 12.7. The summed E-state index contributed by atoms with van der Waals surface area (Å²) in [5.41, 5.74) is 3.62. The van der Waals surface area contributed by atoms with E-state index in [4.69, 9.17) is 4.74 Å². The van der Waals surface area contributed by atoms with Crippen LogP contribution >= 0.6 is 0 Å². The number of anilines is 1. The van der Waals surface area contributed by atoms with Crippen LogP contribution in [0.5, 0.6) is 0 Å². The standard InChI is InChI=1S/C17H20N4O5S/c22-21(23)17-11-13(27(24,25)20-6-8-26-9-7-20)4-5-15(17)18-19-16-10-12-2-1-3-14(12)16/h1-2,4-5,11-12,14,18H,3,6-10H2/b19-16-/t12-,14+/m1/s1. The minimum Gasteiger partial charge on any atom is -0.379 e. The minimum absolute atomic E-state index is 0.0991. The molecule has 144 valence electrons. The fourth-order valence-electron chi connectivity index (χ4n) is 3.65. The Morgan fingerprint density at radius 1 is 1.30 bits per heavy atom. The van der Waals surface area contributed by atoms with Crippen LogP contribution in [0, 0.1) is 22.0 Å². The zero-order chi connectivity index (χ0) is 19.0. The van der Waals surface area contributed by atoms with E-state index in [2.05, 4.69) is 22.7 Å². The zero-order valence-electron chi connectivity index (χ0n) is 14.6. The van der Waals surface area contributed by atoms with Gasteiger partial charge in [-0.1, -0.05) is 12.2 Å². The van der Waals surface area contributed by atoms with E-state index in [0.29, 0.717) is 25.0 Å². The number of nitrogens with one attached hydrogen (secondary N) is 1. The Hall–Kier alpha value is -2.30. The Morgan fingerprint density at radius 2 is 2.07 bits per heavy atom.